The highest BCUT2D eigenvalue weighted by Crippen LogP contribution is 2.26. The van der Waals surface area contributed by atoms with Gasteiger partial charge in [-0.1, -0.05) is 24.3 Å². The van der Waals surface area contributed by atoms with E-state index in [1.165, 1.54) is 0 Å². The van der Waals surface area contributed by atoms with E-state index in [9.17, 15) is 5.11 Å². The van der Waals surface area contributed by atoms with E-state index in [2.05, 4.69) is 0 Å². The molecule has 1 atom stereocenters. The van der Waals surface area contributed by atoms with Gasteiger partial charge in [-0.25, -0.2) is 0 Å². The Morgan fingerprint density at radius 2 is 1.86 bits per heavy atom. The van der Waals surface area contributed by atoms with E-state index in [4.69, 9.17) is 9.47 Å². The number of methoxy groups -OCH3 is 1. The van der Waals surface area contributed by atoms with E-state index in [1.807, 2.05) is 67.5 Å². The maximum Gasteiger partial charge on any atom is 0.124 e. The molecule has 2 aromatic rings. The number of hydrogen-bond acceptors (Lipinski definition) is 4. The summed E-state index contributed by atoms with van der Waals surface area (Å²) in [4.78, 5) is 2.00. The minimum atomic E-state index is -0.732. The zero-order valence-electron chi connectivity index (χ0n) is 12.6. The minimum Gasteiger partial charge on any atom is -0.496 e. The van der Waals surface area contributed by atoms with Crippen LogP contribution in [0.25, 0.3) is 0 Å². The fourth-order valence-electron chi connectivity index (χ4n) is 2.06. The summed E-state index contributed by atoms with van der Waals surface area (Å²) in [7, 11) is 5.54. The van der Waals surface area contributed by atoms with Gasteiger partial charge in [0.05, 0.1) is 7.11 Å². The standard InChI is InChI=1S/C17H21NO3/c1-18(2)13-7-6-8-14(11-13)21-12-16(19)15-9-4-5-10-17(15)20-3/h4-11,16,19H,12H2,1-3H3. The highest BCUT2D eigenvalue weighted by Gasteiger charge is 2.13. The first-order chi connectivity index (χ1) is 10.1. The topological polar surface area (TPSA) is 41.9 Å². The molecule has 0 amide bonds. The lowest BCUT2D eigenvalue weighted by molar-refractivity contribution is 0.106. The number of benzene rings is 2. The number of nitrogens with zero attached hydrogens (tertiary/aromatic N) is 1. The van der Waals surface area contributed by atoms with Crippen molar-refractivity contribution in [1.82, 2.24) is 0 Å². The van der Waals surface area contributed by atoms with Gasteiger partial charge in [-0.05, 0) is 18.2 Å². The first-order valence-corrected chi connectivity index (χ1v) is 6.83. The third-order valence-electron chi connectivity index (χ3n) is 3.24. The lowest BCUT2D eigenvalue weighted by Crippen LogP contribution is -2.12. The summed E-state index contributed by atoms with van der Waals surface area (Å²) in [5.74, 6) is 1.39. The van der Waals surface area contributed by atoms with E-state index >= 15 is 0 Å². The molecule has 1 unspecified atom stereocenters. The third kappa shape index (κ3) is 3.89. The van der Waals surface area contributed by atoms with E-state index in [0.29, 0.717) is 5.75 Å². The molecule has 0 aliphatic carbocycles. The molecule has 0 heterocycles. The van der Waals surface area contributed by atoms with E-state index < -0.39 is 6.10 Å². The molecule has 4 nitrogen and oxygen atoms in total. The number of aliphatic hydroxyl groups is 1. The summed E-state index contributed by atoms with van der Waals surface area (Å²) in [5, 5.41) is 10.3. The normalized spacial score (nSPS) is 11.8. The van der Waals surface area contributed by atoms with Crippen molar-refractivity contribution in [2.45, 2.75) is 6.10 Å². The van der Waals surface area contributed by atoms with Crippen LogP contribution < -0.4 is 14.4 Å². The van der Waals surface area contributed by atoms with Gasteiger partial charge in [0.2, 0.25) is 0 Å². The molecule has 0 aliphatic heterocycles. The average molecular weight is 287 g/mol. The number of rotatable bonds is 6. The Balaban J connectivity index is 2.04. The molecule has 1 N–H and O–H groups in total. The molecular weight excluding hydrogens is 266 g/mol. The maximum atomic E-state index is 10.3. The van der Waals surface area contributed by atoms with Crippen LogP contribution in [0.4, 0.5) is 5.69 Å². The van der Waals surface area contributed by atoms with Gasteiger partial charge in [0.1, 0.15) is 24.2 Å². The lowest BCUT2D eigenvalue weighted by Gasteiger charge is -2.17. The fourth-order valence-corrected chi connectivity index (χ4v) is 2.06. The number of anilines is 1. The zero-order valence-corrected chi connectivity index (χ0v) is 12.6. The van der Waals surface area contributed by atoms with Gasteiger partial charge in [0, 0.05) is 31.4 Å². The molecule has 0 radical (unpaired) electrons. The van der Waals surface area contributed by atoms with Crippen molar-refractivity contribution in [2.75, 3.05) is 32.7 Å². The summed E-state index contributed by atoms with van der Waals surface area (Å²) in [6.45, 7) is 0.178. The Morgan fingerprint density at radius 1 is 1.10 bits per heavy atom. The smallest absolute Gasteiger partial charge is 0.124 e. The molecule has 21 heavy (non-hydrogen) atoms. The van der Waals surface area contributed by atoms with E-state index in [-0.39, 0.29) is 6.61 Å². The highest BCUT2D eigenvalue weighted by molar-refractivity contribution is 5.49. The van der Waals surface area contributed by atoms with Crippen molar-refractivity contribution >= 4 is 5.69 Å². The fraction of sp³-hybridized carbons (Fsp3) is 0.294. The van der Waals surface area contributed by atoms with Crippen molar-refractivity contribution in [3.05, 3.63) is 54.1 Å². The van der Waals surface area contributed by atoms with Crippen molar-refractivity contribution < 1.29 is 14.6 Å². The molecule has 2 aromatic carbocycles. The van der Waals surface area contributed by atoms with Crippen LogP contribution in [0.15, 0.2) is 48.5 Å². The van der Waals surface area contributed by atoms with Gasteiger partial charge in [-0.3, -0.25) is 0 Å². The Labute approximate surface area is 125 Å². The van der Waals surface area contributed by atoms with E-state index in [0.717, 1.165) is 17.0 Å². The molecule has 0 aliphatic rings. The quantitative estimate of drug-likeness (QED) is 0.887. The van der Waals surface area contributed by atoms with Crippen LogP contribution >= 0.6 is 0 Å². The molecule has 0 fully saturated rings. The van der Waals surface area contributed by atoms with Crippen LogP contribution in [0.1, 0.15) is 11.7 Å². The van der Waals surface area contributed by atoms with Crippen LogP contribution in [0.3, 0.4) is 0 Å². The van der Waals surface area contributed by atoms with Crippen molar-refractivity contribution in [2.24, 2.45) is 0 Å². The predicted octanol–water partition coefficient (Wildman–Crippen LogP) is 2.87. The number of hydrogen-bond donors (Lipinski definition) is 1. The van der Waals surface area contributed by atoms with Crippen molar-refractivity contribution in [3.63, 3.8) is 0 Å². The van der Waals surface area contributed by atoms with Crippen LogP contribution in [-0.2, 0) is 0 Å². The molecular formula is C17H21NO3. The summed E-state index contributed by atoms with van der Waals surface area (Å²) >= 11 is 0. The maximum absolute atomic E-state index is 10.3. The Morgan fingerprint density at radius 3 is 2.57 bits per heavy atom. The third-order valence-corrected chi connectivity index (χ3v) is 3.24. The van der Waals surface area contributed by atoms with Gasteiger partial charge < -0.3 is 19.5 Å². The predicted molar refractivity (Wildman–Crippen MR) is 84.2 cm³/mol. The molecule has 112 valence electrons. The summed E-state index contributed by atoms with van der Waals surface area (Å²) < 4.78 is 10.9. The average Bonchev–Trinajstić information content (AvgIpc) is 2.52. The summed E-state index contributed by atoms with van der Waals surface area (Å²) in [6, 6.07) is 15.2. The largest absolute Gasteiger partial charge is 0.496 e. The van der Waals surface area contributed by atoms with Crippen LogP contribution in [0.2, 0.25) is 0 Å². The molecule has 0 saturated carbocycles. The first kappa shape index (κ1) is 15.2. The number of para-hydroxylation sites is 1. The monoisotopic (exact) mass is 287 g/mol. The molecule has 4 heteroatoms. The van der Waals surface area contributed by atoms with Gasteiger partial charge in [0.25, 0.3) is 0 Å². The highest BCUT2D eigenvalue weighted by atomic mass is 16.5. The SMILES string of the molecule is COc1ccccc1C(O)COc1cccc(N(C)C)c1. The van der Waals surface area contributed by atoms with Crippen LogP contribution in [0, 0.1) is 0 Å². The van der Waals surface area contributed by atoms with Gasteiger partial charge >= 0.3 is 0 Å². The van der Waals surface area contributed by atoms with Crippen LogP contribution in [-0.4, -0.2) is 32.9 Å². The van der Waals surface area contributed by atoms with Crippen molar-refractivity contribution in [3.8, 4) is 11.5 Å². The molecule has 0 saturated heterocycles. The van der Waals surface area contributed by atoms with Crippen molar-refractivity contribution in [1.29, 1.82) is 0 Å². The first-order valence-electron chi connectivity index (χ1n) is 6.83. The Kier molecular flexibility index (Phi) is 5.06. The second kappa shape index (κ2) is 6.99. The van der Waals surface area contributed by atoms with Gasteiger partial charge in [-0.2, -0.15) is 0 Å². The molecule has 2 rings (SSSR count). The molecule has 0 bridgehead atoms. The summed E-state index contributed by atoms with van der Waals surface area (Å²) in [6.07, 6.45) is -0.732. The number of aliphatic hydroxyl groups excluding tert-OH is 1. The van der Waals surface area contributed by atoms with E-state index in [1.54, 1.807) is 7.11 Å². The molecule has 0 aromatic heterocycles. The Bertz CT molecular complexity index is 584. The summed E-state index contributed by atoms with van der Waals surface area (Å²) in [5.41, 5.74) is 1.78. The van der Waals surface area contributed by atoms with Gasteiger partial charge in [0.15, 0.2) is 0 Å². The lowest BCUT2D eigenvalue weighted by atomic mass is 10.1. The molecule has 0 spiro atoms. The second-order valence-electron chi connectivity index (χ2n) is 4.96. The van der Waals surface area contributed by atoms with Gasteiger partial charge in [-0.15, -0.1) is 0 Å². The second-order valence-corrected chi connectivity index (χ2v) is 4.96. The Hall–Kier alpha value is -2.20. The number of ether oxygens (including phenoxy) is 2. The van der Waals surface area contributed by atoms with Crippen LogP contribution in [0.5, 0.6) is 11.5 Å². The minimum absolute atomic E-state index is 0.178. The zero-order chi connectivity index (χ0) is 15.2.